The molecule has 0 saturated carbocycles. The maximum atomic E-state index is 4.58. The minimum Gasteiger partial charge on any atom is -0.369 e. The highest BCUT2D eigenvalue weighted by Gasteiger charge is 2.06. The van der Waals surface area contributed by atoms with Crippen molar-refractivity contribution in [3.8, 4) is 0 Å². The van der Waals surface area contributed by atoms with Gasteiger partial charge in [0.05, 0.1) is 5.52 Å². The van der Waals surface area contributed by atoms with Crippen LogP contribution in [0.4, 0.5) is 11.8 Å². The summed E-state index contributed by atoms with van der Waals surface area (Å²) in [6.45, 7) is 3.72. The van der Waals surface area contributed by atoms with E-state index >= 15 is 0 Å². The van der Waals surface area contributed by atoms with Crippen molar-refractivity contribution in [2.45, 2.75) is 13.3 Å². The van der Waals surface area contributed by atoms with Gasteiger partial charge in [-0.3, -0.25) is 0 Å². The van der Waals surface area contributed by atoms with Crippen LogP contribution in [0.15, 0.2) is 41.1 Å². The number of hydrogen-bond donors (Lipinski definition) is 2. The summed E-state index contributed by atoms with van der Waals surface area (Å²) < 4.78 is 0. The molecule has 3 rings (SSSR count). The van der Waals surface area contributed by atoms with E-state index in [1.165, 1.54) is 5.56 Å². The fourth-order valence-corrected chi connectivity index (χ4v) is 2.91. The Balaban J connectivity index is 1.81. The number of fused-ring (bicyclic) bond motifs is 1. The van der Waals surface area contributed by atoms with Gasteiger partial charge in [0, 0.05) is 18.5 Å². The molecule has 4 nitrogen and oxygen atoms in total. The lowest BCUT2D eigenvalue weighted by atomic mass is 10.2. The first-order valence-corrected chi connectivity index (χ1v) is 8.06. The fourth-order valence-electron chi connectivity index (χ4n) is 2.21. The zero-order valence-corrected chi connectivity index (χ0v) is 12.8. The molecule has 0 aliphatic heterocycles. The van der Waals surface area contributed by atoms with Crippen molar-refractivity contribution in [2.75, 3.05) is 23.7 Å². The quantitative estimate of drug-likeness (QED) is 0.727. The summed E-state index contributed by atoms with van der Waals surface area (Å²) in [5.41, 5.74) is 2.32. The molecule has 0 aliphatic rings. The van der Waals surface area contributed by atoms with Gasteiger partial charge in [-0.1, -0.05) is 12.1 Å². The Morgan fingerprint density at radius 1 is 1.10 bits per heavy atom. The molecule has 108 valence electrons. The third-order valence-corrected chi connectivity index (χ3v) is 3.96. The normalized spacial score (nSPS) is 10.7. The second kappa shape index (κ2) is 6.54. The van der Waals surface area contributed by atoms with Crippen LogP contribution in [-0.2, 0) is 6.42 Å². The molecule has 0 atom stereocenters. The molecule has 0 amide bonds. The van der Waals surface area contributed by atoms with E-state index in [1.807, 2.05) is 25.1 Å². The van der Waals surface area contributed by atoms with Gasteiger partial charge in [0.1, 0.15) is 5.82 Å². The van der Waals surface area contributed by atoms with Crippen molar-refractivity contribution in [2.24, 2.45) is 0 Å². The largest absolute Gasteiger partial charge is 0.369 e. The Kier molecular flexibility index (Phi) is 4.31. The summed E-state index contributed by atoms with van der Waals surface area (Å²) in [6, 6.07) is 10.2. The van der Waals surface area contributed by atoms with Crippen LogP contribution in [0.1, 0.15) is 12.5 Å². The molecule has 5 heteroatoms. The first-order valence-electron chi connectivity index (χ1n) is 7.12. The van der Waals surface area contributed by atoms with Gasteiger partial charge in [-0.25, -0.2) is 4.98 Å². The molecule has 21 heavy (non-hydrogen) atoms. The van der Waals surface area contributed by atoms with Gasteiger partial charge in [0.2, 0.25) is 5.95 Å². The molecule has 0 spiro atoms. The van der Waals surface area contributed by atoms with Crippen molar-refractivity contribution >= 4 is 34.0 Å². The molecule has 0 bridgehead atoms. The molecule has 0 saturated heterocycles. The van der Waals surface area contributed by atoms with E-state index in [1.54, 1.807) is 11.3 Å². The number of hydrogen-bond acceptors (Lipinski definition) is 5. The highest BCUT2D eigenvalue weighted by molar-refractivity contribution is 7.07. The molecule has 1 aromatic carbocycles. The number of nitrogens with zero attached hydrogens (tertiary/aromatic N) is 2. The van der Waals surface area contributed by atoms with Gasteiger partial charge in [0.15, 0.2) is 0 Å². The molecule has 0 fully saturated rings. The molecule has 3 aromatic rings. The summed E-state index contributed by atoms with van der Waals surface area (Å²) in [7, 11) is 0. The second-order valence-corrected chi connectivity index (χ2v) is 5.53. The van der Waals surface area contributed by atoms with Crippen LogP contribution in [-0.4, -0.2) is 23.1 Å². The Morgan fingerprint density at radius 3 is 2.81 bits per heavy atom. The topological polar surface area (TPSA) is 49.8 Å². The third-order valence-electron chi connectivity index (χ3n) is 3.22. The lowest BCUT2D eigenvalue weighted by Gasteiger charge is -2.11. The number of aromatic nitrogens is 2. The predicted octanol–water partition coefficient (Wildman–Crippen LogP) is 3.78. The summed E-state index contributed by atoms with van der Waals surface area (Å²) in [5.74, 6) is 1.57. The summed E-state index contributed by atoms with van der Waals surface area (Å²) in [6.07, 6.45) is 0.998. The number of thiophene rings is 1. The maximum absolute atomic E-state index is 4.58. The van der Waals surface area contributed by atoms with E-state index in [4.69, 9.17) is 0 Å². The molecule has 2 heterocycles. The smallest absolute Gasteiger partial charge is 0.225 e. The Bertz CT molecular complexity index is 709. The lowest BCUT2D eigenvalue weighted by molar-refractivity contribution is 1.01. The second-order valence-electron chi connectivity index (χ2n) is 4.75. The Labute approximate surface area is 128 Å². The van der Waals surface area contributed by atoms with Crippen LogP contribution in [0.3, 0.4) is 0 Å². The average molecular weight is 298 g/mol. The van der Waals surface area contributed by atoms with Crippen molar-refractivity contribution in [3.63, 3.8) is 0 Å². The molecule has 0 unspecified atom stereocenters. The highest BCUT2D eigenvalue weighted by Crippen LogP contribution is 2.21. The monoisotopic (exact) mass is 298 g/mol. The SMILES string of the molecule is CCNc1nc(NCCc2ccsc2)c2ccccc2n1. The van der Waals surface area contributed by atoms with Gasteiger partial charge >= 0.3 is 0 Å². The fraction of sp³-hybridized carbons (Fsp3) is 0.250. The van der Waals surface area contributed by atoms with Crippen LogP contribution in [0.25, 0.3) is 10.9 Å². The van der Waals surface area contributed by atoms with Crippen LogP contribution in [0.2, 0.25) is 0 Å². The van der Waals surface area contributed by atoms with Crippen molar-refractivity contribution in [3.05, 3.63) is 46.7 Å². The molecular formula is C16H18N4S. The zero-order chi connectivity index (χ0) is 14.5. The van der Waals surface area contributed by atoms with Gasteiger partial charge in [-0.2, -0.15) is 16.3 Å². The van der Waals surface area contributed by atoms with Gasteiger partial charge in [0.25, 0.3) is 0 Å². The van der Waals surface area contributed by atoms with Crippen LogP contribution < -0.4 is 10.6 Å². The number of anilines is 2. The molecule has 0 aliphatic carbocycles. The van der Waals surface area contributed by atoms with E-state index < -0.39 is 0 Å². The first-order chi connectivity index (χ1) is 10.4. The summed E-state index contributed by atoms with van der Waals surface area (Å²) in [5, 5.41) is 12.0. The van der Waals surface area contributed by atoms with E-state index in [-0.39, 0.29) is 0 Å². The van der Waals surface area contributed by atoms with E-state index in [2.05, 4.69) is 43.5 Å². The lowest BCUT2D eigenvalue weighted by Crippen LogP contribution is -2.09. The van der Waals surface area contributed by atoms with Crippen LogP contribution >= 0.6 is 11.3 Å². The third kappa shape index (κ3) is 3.31. The number of rotatable bonds is 6. The summed E-state index contributed by atoms with van der Waals surface area (Å²) >= 11 is 1.73. The predicted molar refractivity (Wildman–Crippen MR) is 90.2 cm³/mol. The van der Waals surface area contributed by atoms with E-state index in [0.717, 1.165) is 36.2 Å². The van der Waals surface area contributed by atoms with E-state index in [9.17, 15) is 0 Å². The van der Waals surface area contributed by atoms with Crippen molar-refractivity contribution in [1.29, 1.82) is 0 Å². The number of para-hydroxylation sites is 1. The minimum absolute atomic E-state index is 0.675. The molecule has 0 radical (unpaired) electrons. The Hall–Kier alpha value is -2.14. The molecule has 2 N–H and O–H groups in total. The summed E-state index contributed by atoms with van der Waals surface area (Å²) in [4.78, 5) is 9.10. The van der Waals surface area contributed by atoms with Crippen molar-refractivity contribution in [1.82, 2.24) is 9.97 Å². The standard InChI is InChI=1S/C16H18N4S/c1-2-17-16-19-14-6-4-3-5-13(14)15(20-16)18-9-7-12-8-10-21-11-12/h3-6,8,10-11H,2,7,9H2,1H3,(H2,17,18,19,20). The van der Waals surface area contributed by atoms with E-state index in [0.29, 0.717) is 5.95 Å². The highest BCUT2D eigenvalue weighted by atomic mass is 32.1. The van der Waals surface area contributed by atoms with Gasteiger partial charge in [-0.05, 0) is 47.9 Å². The number of nitrogens with one attached hydrogen (secondary N) is 2. The molecule has 2 aromatic heterocycles. The van der Waals surface area contributed by atoms with Crippen LogP contribution in [0, 0.1) is 0 Å². The maximum Gasteiger partial charge on any atom is 0.225 e. The Morgan fingerprint density at radius 2 is 2.00 bits per heavy atom. The first kappa shape index (κ1) is 13.8. The zero-order valence-electron chi connectivity index (χ0n) is 12.0. The minimum atomic E-state index is 0.675. The van der Waals surface area contributed by atoms with Crippen LogP contribution in [0.5, 0.6) is 0 Å². The number of benzene rings is 1. The van der Waals surface area contributed by atoms with Crippen molar-refractivity contribution < 1.29 is 0 Å². The van der Waals surface area contributed by atoms with Gasteiger partial charge < -0.3 is 10.6 Å². The van der Waals surface area contributed by atoms with Gasteiger partial charge in [-0.15, -0.1) is 0 Å². The molecular weight excluding hydrogens is 280 g/mol. The average Bonchev–Trinajstić information content (AvgIpc) is 3.01.